The molecule has 0 saturated heterocycles. The van der Waals surface area contributed by atoms with Gasteiger partial charge in [0.05, 0.1) is 5.25 Å². The van der Waals surface area contributed by atoms with Crippen molar-refractivity contribution in [3.05, 3.63) is 58.2 Å². The molecule has 0 aliphatic rings. The summed E-state index contributed by atoms with van der Waals surface area (Å²) in [7, 11) is 0. The lowest BCUT2D eigenvalue weighted by atomic mass is 10.1. The number of ketones is 1. The second kappa shape index (κ2) is 6.45. The number of hydrogen-bond donors (Lipinski definition) is 0. The first-order valence-corrected chi connectivity index (χ1v) is 7.42. The van der Waals surface area contributed by atoms with Crippen LogP contribution in [0.15, 0.2) is 46.0 Å². The molecule has 0 fully saturated rings. The van der Waals surface area contributed by atoms with E-state index >= 15 is 0 Å². The number of thioether (sulfide) groups is 1. The second-order valence-electron chi connectivity index (χ2n) is 4.04. The van der Waals surface area contributed by atoms with Crippen LogP contribution in [0.5, 0.6) is 0 Å². The molecule has 104 valence electrons. The molecule has 2 nitrogen and oxygen atoms in total. The molecular formula is C14H10BrF2NOS. The molecule has 6 heteroatoms. The zero-order valence-corrected chi connectivity index (χ0v) is 12.8. The van der Waals surface area contributed by atoms with Crippen molar-refractivity contribution in [1.29, 1.82) is 0 Å². The van der Waals surface area contributed by atoms with Gasteiger partial charge in [0.2, 0.25) is 0 Å². The first-order valence-electron chi connectivity index (χ1n) is 5.75. The molecule has 0 spiro atoms. The third kappa shape index (κ3) is 3.43. The number of nitrogens with zero attached hydrogens (tertiary/aromatic N) is 1. The van der Waals surface area contributed by atoms with E-state index in [0.717, 1.165) is 16.6 Å². The van der Waals surface area contributed by atoms with Crippen LogP contribution in [-0.2, 0) is 0 Å². The smallest absolute Gasteiger partial charge is 0.176 e. The van der Waals surface area contributed by atoms with Crippen molar-refractivity contribution in [2.45, 2.75) is 17.2 Å². The van der Waals surface area contributed by atoms with E-state index < -0.39 is 16.9 Å². The van der Waals surface area contributed by atoms with E-state index in [0.29, 0.717) is 5.03 Å². The summed E-state index contributed by atoms with van der Waals surface area (Å²) in [6.45, 7) is 1.70. The fourth-order valence-electron chi connectivity index (χ4n) is 1.56. The number of Topliss-reactive ketones (excluding diaryl/α,β-unsaturated/α-hetero) is 1. The monoisotopic (exact) mass is 357 g/mol. The summed E-state index contributed by atoms with van der Waals surface area (Å²) in [5, 5.41) is 0.224. The topological polar surface area (TPSA) is 30.0 Å². The van der Waals surface area contributed by atoms with E-state index in [1.54, 1.807) is 19.2 Å². The van der Waals surface area contributed by atoms with Crippen LogP contribution in [0.3, 0.4) is 0 Å². The van der Waals surface area contributed by atoms with Crippen LogP contribution in [-0.4, -0.2) is 16.0 Å². The minimum absolute atomic E-state index is 0.149. The highest BCUT2D eigenvalue weighted by molar-refractivity contribution is 9.10. The summed E-state index contributed by atoms with van der Waals surface area (Å²) >= 11 is 4.61. The predicted molar refractivity (Wildman–Crippen MR) is 77.9 cm³/mol. The standard InChI is InChI=1S/C14H10BrF2NOS/c1-8(20-14-10(15)3-2-6-18-14)13(19)9-4-5-11(16)12(17)7-9/h2-8H,1H3. The molecule has 0 aliphatic heterocycles. The van der Waals surface area contributed by atoms with E-state index in [2.05, 4.69) is 20.9 Å². The van der Waals surface area contributed by atoms with Crippen LogP contribution in [0, 0.1) is 11.6 Å². The molecule has 20 heavy (non-hydrogen) atoms. The number of rotatable bonds is 4. The normalized spacial score (nSPS) is 12.2. The van der Waals surface area contributed by atoms with E-state index in [-0.39, 0.29) is 11.3 Å². The number of hydrogen-bond acceptors (Lipinski definition) is 3. The highest BCUT2D eigenvalue weighted by Gasteiger charge is 2.19. The van der Waals surface area contributed by atoms with Crippen LogP contribution in [0.4, 0.5) is 8.78 Å². The molecule has 1 aromatic heterocycles. The van der Waals surface area contributed by atoms with E-state index in [4.69, 9.17) is 0 Å². The third-order valence-corrected chi connectivity index (χ3v) is 4.61. The quantitative estimate of drug-likeness (QED) is 0.596. The zero-order chi connectivity index (χ0) is 14.7. The minimum Gasteiger partial charge on any atom is -0.293 e. The maximum atomic E-state index is 13.1. The van der Waals surface area contributed by atoms with E-state index in [1.165, 1.54) is 17.8 Å². The van der Waals surface area contributed by atoms with Crippen molar-refractivity contribution in [3.63, 3.8) is 0 Å². The molecule has 2 rings (SSSR count). The maximum absolute atomic E-state index is 13.1. The van der Waals surface area contributed by atoms with Crippen molar-refractivity contribution in [3.8, 4) is 0 Å². The highest BCUT2D eigenvalue weighted by Crippen LogP contribution is 2.29. The Morgan fingerprint density at radius 3 is 2.70 bits per heavy atom. The molecule has 1 aromatic carbocycles. The Hall–Kier alpha value is -1.27. The SMILES string of the molecule is CC(Sc1ncccc1Br)C(=O)c1ccc(F)c(F)c1. The van der Waals surface area contributed by atoms with E-state index in [1.807, 2.05) is 6.07 Å². The number of benzene rings is 1. The first kappa shape index (κ1) is 15.1. The molecule has 0 bridgehead atoms. The van der Waals surface area contributed by atoms with Crippen molar-refractivity contribution >= 4 is 33.5 Å². The highest BCUT2D eigenvalue weighted by atomic mass is 79.9. The lowest BCUT2D eigenvalue weighted by Gasteiger charge is -2.10. The van der Waals surface area contributed by atoms with Crippen LogP contribution >= 0.6 is 27.7 Å². The Morgan fingerprint density at radius 2 is 2.05 bits per heavy atom. The predicted octanol–water partition coefficient (Wildman–Crippen LogP) is 4.49. The number of pyridine rings is 1. The van der Waals surface area contributed by atoms with Gasteiger partial charge in [-0.15, -0.1) is 0 Å². The van der Waals surface area contributed by atoms with Gasteiger partial charge in [-0.2, -0.15) is 0 Å². The third-order valence-electron chi connectivity index (χ3n) is 2.59. The Kier molecular flexibility index (Phi) is 4.88. The van der Waals surface area contributed by atoms with Crippen molar-refractivity contribution in [2.24, 2.45) is 0 Å². The molecule has 1 heterocycles. The fourth-order valence-corrected chi connectivity index (χ4v) is 2.98. The summed E-state index contributed by atoms with van der Waals surface area (Å²) in [5.74, 6) is -2.26. The molecule has 2 aromatic rings. The van der Waals surface area contributed by atoms with Gasteiger partial charge in [0.15, 0.2) is 17.4 Å². The van der Waals surface area contributed by atoms with Gasteiger partial charge in [-0.05, 0) is 53.2 Å². The van der Waals surface area contributed by atoms with Gasteiger partial charge in [-0.3, -0.25) is 4.79 Å². The molecule has 0 N–H and O–H groups in total. The summed E-state index contributed by atoms with van der Waals surface area (Å²) in [6.07, 6.45) is 1.63. The van der Waals surface area contributed by atoms with Crippen molar-refractivity contribution in [1.82, 2.24) is 4.98 Å². The van der Waals surface area contributed by atoms with Crippen LogP contribution < -0.4 is 0 Å². The molecule has 0 amide bonds. The van der Waals surface area contributed by atoms with Gasteiger partial charge in [-0.25, -0.2) is 13.8 Å². The number of carbonyl (C=O) groups is 1. The van der Waals surface area contributed by atoms with Gasteiger partial charge < -0.3 is 0 Å². The van der Waals surface area contributed by atoms with Gasteiger partial charge >= 0.3 is 0 Å². The zero-order valence-electron chi connectivity index (χ0n) is 10.4. The lowest BCUT2D eigenvalue weighted by molar-refractivity contribution is 0.0993. The summed E-state index contributed by atoms with van der Waals surface area (Å²) in [4.78, 5) is 16.3. The molecule has 0 radical (unpaired) electrons. The number of carbonyl (C=O) groups excluding carboxylic acids is 1. The summed E-state index contributed by atoms with van der Waals surface area (Å²) < 4.78 is 26.8. The van der Waals surface area contributed by atoms with Crippen molar-refractivity contribution in [2.75, 3.05) is 0 Å². The van der Waals surface area contributed by atoms with Crippen LogP contribution in [0.1, 0.15) is 17.3 Å². The molecular weight excluding hydrogens is 348 g/mol. The van der Waals surface area contributed by atoms with Gasteiger partial charge in [-0.1, -0.05) is 11.8 Å². The van der Waals surface area contributed by atoms with Crippen molar-refractivity contribution < 1.29 is 13.6 Å². The van der Waals surface area contributed by atoms with Crippen LogP contribution in [0.2, 0.25) is 0 Å². The molecule has 1 unspecified atom stereocenters. The van der Waals surface area contributed by atoms with E-state index in [9.17, 15) is 13.6 Å². The Balaban J connectivity index is 2.16. The number of halogens is 3. The molecule has 0 aliphatic carbocycles. The largest absolute Gasteiger partial charge is 0.293 e. The maximum Gasteiger partial charge on any atom is 0.176 e. The molecule has 0 saturated carbocycles. The fraction of sp³-hybridized carbons (Fsp3) is 0.143. The second-order valence-corrected chi connectivity index (χ2v) is 6.23. The Labute approximate surface area is 127 Å². The molecule has 1 atom stereocenters. The first-order chi connectivity index (χ1) is 9.49. The summed E-state index contributed by atoms with van der Waals surface area (Å²) in [5.41, 5.74) is 0.149. The average molecular weight is 358 g/mol. The average Bonchev–Trinajstić information content (AvgIpc) is 2.43. The van der Waals surface area contributed by atoms with Gasteiger partial charge in [0.25, 0.3) is 0 Å². The summed E-state index contributed by atoms with van der Waals surface area (Å²) in [6, 6.07) is 6.75. The lowest BCUT2D eigenvalue weighted by Crippen LogP contribution is -2.14. The minimum atomic E-state index is -1.02. The van der Waals surface area contributed by atoms with Crippen LogP contribution in [0.25, 0.3) is 0 Å². The Morgan fingerprint density at radius 1 is 1.30 bits per heavy atom. The van der Waals surface area contributed by atoms with Gasteiger partial charge in [0.1, 0.15) is 5.03 Å². The number of aromatic nitrogens is 1. The van der Waals surface area contributed by atoms with Gasteiger partial charge in [0, 0.05) is 16.2 Å². The Bertz CT molecular complexity index is 651.